The van der Waals surface area contributed by atoms with Crippen LogP contribution in [0.1, 0.15) is 34.1 Å². The van der Waals surface area contributed by atoms with Gasteiger partial charge in [0.1, 0.15) is 5.00 Å². The van der Waals surface area contributed by atoms with Crippen molar-refractivity contribution in [2.45, 2.75) is 32.2 Å². The standard InChI is InChI=1S/C21H25N5O4S/c1-13(20(28)23-21-18(19(22)27)16-3-2-4-17(16)31-21)24-9-11-25(12-10-24)14-5-7-15(8-6-14)26(29)30/h5-8,13H,2-4,9-12H2,1H3,(H2,22,27)(H,23,28). The quantitative estimate of drug-likeness (QED) is 0.522. The zero-order valence-corrected chi connectivity index (χ0v) is 18.1. The van der Waals surface area contributed by atoms with Crippen LogP contribution < -0.4 is 16.0 Å². The van der Waals surface area contributed by atoms with Gasteiger partial charge in [-0.05, 0) is 43.9 Å². The highest BCUT2D eigenvalue weighted by Crippen LogP contribution is 2.39. The van der Waals surface area contributed by atoms with Crippen molar-refractivity contribution in [1.29, 1.82) is 0 Å². The van der Waals surface area contributed by atoms with Crippen molar-refractivity contribution in [1.82, 2.24) is 4.90 Å². The Morgan fingerprint density at radius 3 is 2.45 bits per heavy atom. The maximum absolute atomic E-state index is 12.9. The fourth-order valence-corrected chi connectivity index (χ4v) is 5.59. The normalized spacial score (nSPS) is 17.3. The van der Waals surface area contributed by atoms with Crippen molar-refractivity contribution in [3.05, 3.63) is 50.4 Å². The van der Waals surface area contributed by atoms with Crippen LogP contribution in [0, 0.1) is 10.1 Å². The van der Waals surface area contributed by atoms with Crippen molar-refractivity contribution >= 4 is 39.5 Å². The van der Waals surface area contributed by atoms with E-state index in [2.05, 4.69) is 15.1 Å². The summed E-state index contributed by atoms with van der Waals surface area (Å²) in [4.78, 5) is 40.7. The summed E-state index contributed by atoms with van der Waals surface area (Å²) in [5.74, 6) is -0.634. The largest absolute Gasteiger partial charge is 0.369 e. The maximum atomic E-state index is 12.9. The Hall–Kier alpha value is -2.98. The third-order valence-electron chi connectivity index (χ3n) is 6.07. The summed E-state index contributed by atoms with van der Waals surface area (Å²) >= 11 is 1.46. The van der Waals surface area contributed by atoms with Gasteiger partial charge in [-0.1, -0.05) is 0 Å². The van der Waals surface area contributed by atoms with E-state index in [1.54, 1.807) is 12.1 Å². The fraction of sp³-hybridized carbons (Fsp3) is 0.429. The molecule has 0 radical (unpaired) electrons. The number of nitro groups is 1. The van der Waals surface area contributed by atoms with Crippen LogP contribution in [0.15, 0.2) is 24.3 Å². The molecule has 1 unspecified atom stereocenters. The predicted octanol–water partition coefficient (Wildman–Crippen LogP) is 2.39. The Morgan fingerprint density at radius 2 is 1.84 bits per heavy atom. The van der Waals surface area contributed by atoms with Gasteiger partial charge in [-0.25, -0.2) is 0 Å². The minimum Gasteiger partial charge on any atom is -0.369 e. The summed E-state index contributed by atoms with van der Waals surface area (Å²) in [7, 11) is 0. The molecule has 1 aliphatic heterocycles. The summed E-state index contributed by atoms with van der Waals surface area (Å²) in [6.45, 7) is 4.68. The Morgan fingerprint density at radius 1 is 1.16 bits per heavy atom. The molecule has 2 amide bonds. The molecule has 2 aliphatic rings. The molecule has 10 heteroatoms. The number of hydrogen-bond donors (Lipinski definition) is 2. The van der Waals surface area contributed by atoms with E-state index in [0.29, 0.717) is 23.7 Å². The fourth-order valence-electron chi connectivity index (χ4n) is 4.29. The van der Waals surface area contributed by atoms with Gasteiger partial charge in [-0.15, -0.1) is 11.3 Å². The van der Waals surface area contributed by atoms with Crippen molar-refractivity contribution in [2.75, 3.05) is 36.4 Å². The second-order valence-corrected chi connectivity index (χ2v) is 8.99. The summed E-state index contributed by atoms with van der Waals surface area (Å²) < 4.78 is 0. The third-order valence-corrected chi connectivity index (χ3v) is 7.28. The molecular formula is C21H25N5O4S. The highest BCUT2D eigenvalue weighted by atomic mass is 32.1. The number of amides is 2. The number of piperazine rings is 1. The molecule has 9 nitrogen and oxygen atoms in total. The molecule has 0 saturated carbocycles. The molecule has 2 heterocycles. The van der Waals surface area contributed by atoms with Crippen LogP contribution in [-0.4, -0.2) is 53.9 Å². The molecule has 0 bridgehead atoms. The molecular weight excluding hydrogens is 418 g/mol. The number of rotatable bonds is 6. The highest BCUT2D eigenvalue weighted by Gasteiger charge is 2.30. The first kappa shape index (κ1) is 21.3. The van der Waals surface area contributed by atoms with Gasteiger partial charge >= 0.3 is 0 Å². The SMILES string of the molecule is CC(C(=O)Nc1sc2c(c1C(N)=O)CCC2)N1CCN(c2ccc([N+](=O)[O-])cc2)CC1. The average molecular weight is 444 g/mol. The molecule has 1 aliphatic carbocycles. The minimum atomic E-state index is -0.487. The van der Waals surface area contributed by atoms with Crippen molar-refractivity contribution < 1.29 is 14.5 Å². The molecule has 31 heavy (non-hydrogen) atoms. The molecule has 1 saturated heterocycles. The van der Waals surface area contributed by atoms with Crippen LogP contribution in [0.25, 0.3) is 0 Å². The van der Waals surface area contributed by atoms with Gasteiger partial charge in [0.2, 0.25) is 5.91 Å². The lowest BCUT2D eigenvalue weighted by molar-refractivity contribution is -0.384. The molecule has 3 N–H and O–H groups in total. The topological polar surface area (TPSA) is 122 Å². The van der Waals surface area contributed by atoms with Gasteiger partial charge < -0.3 is 16.0 Å². The number of nitrogens with one attached hydrogen (secondary N) is 1. The molecule has 1 fully saturated rings. The average Bonchev–Trinajstić information content (AvgIpc) is 3.34. The first-order valence-electron chi connectivity index (χ1n) is 10.3. The highest BCUT2D eigenvalue weighted by molar-refractivity contribution is 7.17. The number of nitrogens with two attached hydrogens (primary N) is 1. The second kappa shape index (κ2) is 8.64. The number of aryl methyl sites for hydroxylation is 1. The monoisotopic (exact) mass is 443 g/mol. The molecule has 2 aromatic rings. The molecule has 1 aromatic heterocycles. The zero-order chi connectivity index (χ0) is 22.1. The van der Waals surface area contributed by atoms with Gasteiger partial charge in [-0.3, -0.25) is 24.6 Å². The van der Waals surface area contributed by atoms with Gasteiger partial charge in [0.15, 0.2) is 0 Å². The maximum Gasteiger partial charge on any atom is 0.269 e. The van der Waals surface area contributed by atoms with Crippen LogP contribution in [0.5, 0.6) is 0 Å². The molecule has 164 valence electrons. The van der Waals surface area contributed by atoms with E-state index in [4.69, 9.17) is 5.73 Å². The Balaban J connectivity index is 1.37. The molecule has 1 atom stereocenters. The Bertz CT molecular complexity index is 1010. The Kier molecular flexibility index (Phi) is 5.92. The van der Waals surface area contributed by atoms with Crippen LogP contribution in [0.2, 0.25) is 0 Å². The summed E-state index contributed by atoms with van der Waals surface area (Å²) in [5, 5.41) is 14.3. The lowest BCUT2D eigenvalue weighted by Crippen LogP contribution is -2.52. The van der Waals surface area contributed by atoms with Crippen LogP contribution >= 0.6 is 11.3 Å². The number of benzene rings is 1. The van der Waals surface area contributed by atoms with E-state index >= 15 is 0 Å². The van der Waals surface area contributed by atoms with Crippen LogP contribution in [0.3, 0.4) is 0 Å². The number of carbonyl (C=O) groups excluding carboxylic acids is 2. The minimum absolute atomic E-state index is 0.0718. The lowest BCUT2D eigenvalue weighted by atomic mass is 10.1. The number of non-ortho nitro benzene ring substituents is 1. The smallest absolute Gasteiger partial charge is 0.269 e. The van der Waals surface area contributed by atoms with E-state index in [1.807, 2.05) is 6.92 Å². The second-order valence-electron chi connectivity index (χ2n) is 7.89. The molecule has 1 aromatic carbocycles. The van der Waals surface area contributed by atoms with Crippen LogP contribution in [0.4, 0.5) is 16.4 Å². The van der Waals surface area contributed by atoms with Gasteiger partial charge in [-0.2, -0.15) is 0 Å². The Labute approximate surface area is 184 Å². The van der Waals surface area contributed by atoms with E-state index in [0.717, 1.165) is 48.5 Å². The van der Waals surface area contributed by atoms with Gasteiger partial charge in [0, 0.05) is 48.9 Å². The summed E-state index contributed by atoms with van der Waals surface area (Å²) in [6.07, 6.45) is 2.78. The number of fused-ring (bicyclic) bond motifs is 1. The van der Waals surface area contributed by atoms with E-state index in [-0.39, 0.29) is 17.6 Å². The molecule has 4 rings (SSSR count). The van der Waals surface area contributed by atoms with Crippen molar-refractivity contribution in [2.24, 2.45) is 5.73 Å². The summed E-state index contributed by atoms with van der Waals surface area (Å²) in [6, 6.07) is 6.17. The predicted molar refractivity (Wildman–Crippen MR) is 120 cm³/mol. The number of hydrogen-bond acceptors (Lipinski definition) is 7. The first-order valence-corrected chi connectivity index (χ1v) is 11.2. The number of thiophene rings is 1. The lowest BCUT2D eigenvalue weighted by Gasteiger charge is -2.38. The number of nitro benzene ring substituents is 1. The molecule has 0 spiro atoms. The number of anilines is 2. The zero-order valence-electron chi connectivity index (χ0n) is 17.3. The van der Waals surface area contributed by atoms with Crippen molar-refractivity contribution in [3.8, 4) is 0 Å². The van der Waals surface area contributed by atoms with Gasteiger partial charge in [0.25, 0.3) is 11.6 Å². The number of primary amides is 1. The number of carbonyl (C=O) groups is 2. The summed E-state index contributed by atoms with van der Waals surface area (Å²) in [5.41, 5.74) is 8.06. The van der Waals surface area contributed by atoms with Crippen LogP contribution in [-0.2, 0) is 17.6 Å². The van der Waals surface area contributed by atoms with E-state index in [1.165, 1.54) is 23.5 Å². The third kappa shape index (κ3) is 4.26. The first-order chi connectivity index (χ1) is 14.8. The van der Waals surface area contributed by atoms with Gasteiger partial charge in [0.05, 0.1) is 16.5 Å². The van der Waals surface area contributed by atoms with Crippen molar-refractivity contribution in [3.63, 3.8) is 0 Å². The number of nitrogens with zero attached hydrogens (tertiary/aromatic N) is 3. The van der Waals surface area contributed by atoms with E-state index in [9.17, 15) is 19.7 Å². The van der Waals surface area contributed by atoms with E-state index < -0.39 is 10.8 Å².